The molecule has 13 heavy (non-hydrogen) atoms. The normalized spacial score (nSPS) is 9.69. The summed E-state index contributed by atoms with van der Waals surface area (Å²) in [6.07, 6.45) is 0. The highest BCUT2D eigenvalue weighted by molar-refractivity contribution is 6.28. The minimum absolute atomic E-state index is 0.120. The Morgan fingerprint density at radius 3 is 3.15 bits per heavy atom. The number of aromatic nitrogens is 3. The predicted octanol–water partition coefficient (Wildman–Crippen LogP) is 0.381. The molecule has 0 aliphatic carbocycles. The Morgan fingerprint density at radius 2 is 2.54 bits per heavy atom. The molecule has 0 bridgehead atoms. The molecular weight excluding hydrogens is 196 g/mol. The second-order valence-electron chi connectivity index (χ2n) is 2.08. The lowest BCUT2D eigenvalue weighted by Gasteiger charge is -1.94. The summed E-state index contributed by atoms with van der Waals surface area (Å²) < 4.78 is 4.96. The minimum atomic E-state index is -0.346. The summed E-state index contributed by atoms with van der Waals surface area (Å²) in [7, 11) is 0. The van der Waals surface area contributed by atoms with Gasteiger partial charge in [-0.2, -0.15) is 4.98 Å². The second kappa shape index (κ2) is 4.66. The first-order valence-electron chi connectivity index (χ1n) is 3.67. The Bertz CT molecular complexity index is 288. The SMILES string of the molecule is CCOc1n[nH]c(NC(=O)CCl)n1. The third-order valence-corrected chi connectivity index (χ3v) is 1.36. The summed E-state index contributed by atoms with van der Waals surface area (Å²) in [5.41, 5.74) is 0. The standard InChI is InChI=1S/C6H9ClN4O2/c1-2-13-6-9-5(10-11-6)8-4(12)3-7/h2-3H2,1H3,(H2,8,9,10,11,12). The van der Waals surface area contributed by atoms with Crippen molar-refractivity contribution < 1.29 is 9.53 Å². The molecular formula is C6H9ClN4O2. The average Bonchev–Trinajstić information content (AvgIpc) is 2.53. The molecule has 0 fully saturated rings. The zero-order chi connectivity index (χ0) is 9.68. The predicted molar refractivity (Wildman–Crippen MR) is 46.9 cm³/mol. The number of amides is 1. The Hall–Kier alpha value is -1.30. The fourth-order valence-electron chi connectivity index (χ4n) is 0.661. The van der Waals surface area contributed by atoms with Crippen LogP contribution in [0.5, 0.6) is 6.01 Å². The van der Waals surface area contributed by atoms with Gasteiger partial charge in [-0.25, -0.2) is 5.10 Å². The maximum Gasteiger partial charge on any atom is 0.337 e. The maximum atomic E-state index is 10.8. The lowest BCUT2D eigenvalue weighted by molar-refractivity contribution is -0.114. The highest BCUT2D eigenvalue weighted by Gasteiger charge is 2.05. The van der Waals surface area contributed by atoms with E-state index < -0.39 is 0 Å². The summed E-state index contributed by atoms with van der Waals surface area (Å²) in [5.74, 6) is -0.236. The number of alkyl halides is 1. The summed E-state index contributed by atoms with van der Waals surface area (Å²) in [5, 5.41) is 8.55. The van der Waals surface area contributed by atoms with E-state index in [1.54, 1.807) is 0 Å². The van der Waals surface area contributed by atoms with Gasteiger partial charge in [-0.15, -0.1) is 16.7 Å². The van der Waals surface area contributed by atoms with Crippen molar-refractivity contribution in [1.29, 1.82) is 0 Å². The number of ether oxygens (including phenoxy) is 1. The van der Waals surface area contributed by atoms with E-state index in [1.165, 1.54) is 0 Å². The van der Waals surface area contributed by atoms with Crippen LogP contribution >= 0.6 is 11.6 Å². The number of carbonyl (C=O) groups is 1. The fraction of sp³-hybridized carbons (Fsp3) is 0.500. The van der Waals surface area contributed by atoms with E-state index in [1.807, 2.05) is 6.92 Å². The quantitative estimate of drug-likeness (QED) is 0.695. The van der Waals surface area contributed by atoms with Crippen LogP contribution in [0.1, 0.15) is 6.92 Å². The molecule has 0 saturated heterocycles. The number of nitrogens with zero attached hydrogens (tertiary/aromatic N) is 2. The van der Waals surface area contributed by atoms with Gasteiger partial charge in [0.2, 0.25) is 11.9 Å². The molecule has 2 N–H and O–H groups in total. The van der Waals surface area contributed by atoms with Gasteiger partial charge in [0.1, 0.15) is 5.88 Å². The minimum Gasteiger partial charge on any atom is -0.463 e. The lowest BCUT2D eigenvalue weighted by Crippen LogP contribution is -2.13. The molecule has 0 aliphatic rings. The number of anilines is 1. The third-order valence-electron chi connectivity index (χ3n) is 1.12. The van der Waals surface area contributed by atoms with E-state index in [-0.39, 0.29) is 23.7 Å². The molecule has 0 aromatic carbocycles. The van der Waals surface area contributed by atoms with Crippen molar-refractivity contribution in [2.75, 3.05) is 17.8 Å². The molecule has 1 rings (SSSR count). The molecule has 72 valence electrons. The second-order valence-corrected chi connectivity index (χ2v) is 2.35. The molecule has 6 nitrogen and oxygen atoms in total. The van der Waals surface area contributed by atoms with Crippen LogP contribution < -0.4 is 10.1 Å². The van der Waals surface area contributed by atoms with Gasteiger partial charge in [0, 0.05) is 0 Å². The molecule has 1 aromatic heterocycles. The van der Waals surface area contributed by atoms with E-state index in [2.05, 4.69) is 20.5 Å². The van der Waals surface area contributed by atoms with Gasteiger partial charge >= 0.3 is 6.01 Å². The van der Waals surface area contributed by atoms with Crippen LogP contribution in [0.3, 0.4) is 0 Å². The van der Waals surface area contributed by atoms with Gasteiger partial charge in [-0.1, -0.05) is 0 Å². The first kappa shape index (κ1) is 9.79. The molecule has 1 amide bonds. The van der Waals surface area contributed by atoms with Gasteiger partial charge in [0.25, 0.3) is 0 Å². The molecule has 7 heteroatoms. The Balaban J connectivity index is 2.53. The molecule has 0 radical (unpaired) electrons. The Morgan fingerprint density at radius 1 is 1.77 bits per heavy atom. The largest absolute Gasteiger partial charge is 0.463 e. The smallest absolute Gasteiger partial charge is 0.337 e. The van der Waals surface area contributed by atoms with E-state index in [0.717, 1.165) is 0 Å². The maximum absolute atomic E-state index is 10.8. The zero-order valence-corrected chi connectivity index (χ0v) is 7.76. The van der Waals surface area contributed by atoms with Crippen LogP contribution in [-0.4, -0.2) is 33.6 Å². The molecule has 0 atom stereocenters. The van der Waals surface area contributed by atoms with Crippen molar-refractivity contribution in [1.82, 2.24) is 15.2 Å². The Labute approximate surface area is 79.6 Å². The van der Waals surface area contributed by atoms with Crippen LogP contribution in [0.4, 0.5) is 5.95 Å². The van der Waals surface area contributed by atoms with Crippen LogP contribution in [0.15, 0.2) is 0 Å². The molecule has 0 aliphatic heterocycles. The number of nitrogens with one attached hydrogen (secondary N) is 2. The molecule has 0 unspecified atom stereocenters. The topological polar surface area (TPSA) is 79.9 Å². The van der Waals surface area contributed by atoms with Crippen molar-refractivity contribution in [2.24, 2.45) is 0 Å². The van der Waals surface area contributed by atoms with Gasteiger partial charge < -0.3 is 4.74 Å². The number of H-pyrrole nitrogens is 1. The number of carbonyl (C=O) groups excluding carboxylic acids is 1. The van der Waals surface area contributed by atoms with Gasteiger partial charge in [-0.3, -0.25) is 10.1 Å². The first-order chi connectivity index (χ1) is 6.26. The van der Waals surface area contributed by atoms with E-state index in [9.17, 15) is 4.79 Å². The Kier molecular flexibility index (Phi) is 3.51. The van der Waals surface area contributed by atoms with Gasteiger partial charge in [0.15, 0.2) is 0 Å². The lowest BCUT2D eigenvalue weighted by atomic mass is 10.7. The van der Waals surface area contributed by atoms with Crippen molar-refractivity contribution in [3.63, 3.8) is 0 Å². The van der Waals surface area contributed by atoms with Crippen molar-refractivity contribution in [3.8, 4) is 6.01 Å². The number of aromatic amines is 1. The summed E-state index contributed by atoms with van der Waals surface area (Å²) >= 11 is 5.26. The fourth-order valence-corrected chi connectivity index (χ4v) is 0.728. The highest BCUT2D eigenvalue weighted by Crippen LogP contribution is 2.04. The third kappa shape index (κ3) is 2.90. The number of hydrogen-bond acceptors (Lipinski definition) is 4. The van der Waals surface area contributed by atoms with Gasteiger partial charge in [-0.05, 0) is 6.92 Å². The van der Waals surface area contributed by atoms with E-state index in [0.29, 0.717) is 6.61 Å². The molecule has 0 spiro atoms. The average molecular weight is 205 g/mol. The van der Waals surface area contributed by atoms with Crippen molar-refractivity contribution in [2.45, 2.75) is 6.92 Å². The summed E-state index contributed by atoms with van der Waals surface area (Å²) in [4.78, 5) is 14.6. The molecule has 0 saturated carbocycles. The van der Waals surface area contributed by atoms with Crippen LogP contribution in [0, 0.1) is 0 Å². The van der Waals surface area contributed by atoms with Crippen LogP contribution in [-0.2, 0) is 4.79 Å². The van der Waals surface area contributed by atoms with Crippen molar-refractivity contribution in [3.05, 3.63) is 0 Å². The molecule has 1 heterocycles. The number of halogens is 1. The van der Waals surface area contributed by atoms with E-state index >= 15 is 0 Å². The summed E-state index contributed by atoms with van der Waals surface area (Å²) in [6, 6.07) is 0.201. The number of hydrogen-bond donors (Lipinski definition) is 2. The van der Waals surface area contributed by atoms with Crippen molar-refractivity contribution >= 4 is 23.5 Å². The van der Waals surface area contributed by atoms with Crippen LogP contribution in [0.25, 0.3) is 0 Å². The first-order valence-corrected chi connectivity index (χ1v) is 4.20. The molecule has 1 aromatic rings. The van der Waals surface area contributed by atoms with Crippen LogP contribution in [0.2, 0.25) is 0 Å². The summed E-state index contributed by atoms with van der Waals surface area (Å²) in [6.45, 7) is 2.29. The monoisotopic (exact) mass is 204 g/mol. The van der Waals surface area contributed by atoms with E-state index in [4.69, 9.17) is 16.3 Å². The highest BCUT2D eigenvalue weighted by atomic mass is 35.5. The number of rotatable bonds is 4. The zero-order valence-electron chi connectivity index (χ0n) is 7.00. The van der Waals surface area contributed by atoms with Gasteiger partial charge in [0.05, 0.1) is 6.61 Å².